The highest BCUT2D eigenvalue weighted by molar-refractivity contribution is 6.36. The number of carbonyl (C=O) groups is 2. The molecule has 158 valence electrons. The minimum absolute atomic E-state index is 0.281. The number of hydrogen-bond donors (Lipinski definition) is 2. The van der Waals surface area contributed by atoms with Crippen LogP contribution in [0.2, 0.25) is 15.1 Å². The van der Waals surface area contributed by atoms with Crippen LogP contribution in [-0.4, -0.2) is 18.9 Å². The lowest BCUT2D eigenvalue weighted by Gasteiger charge is -2.08. The van der Waals surface area contributed by atoms with Gasteiger partial charge >= 0.3 is 0 Å². The molecule has 3 aromatic carbocycles. The largest absolute Gasteiger partial charge is 0.495 e. The summed E-state index contributed by atoms with van der Waals surface area (Å²) >= 11 is 18.0. The van der Waals surface area contributed by atoms with Gasteiger partial charge in [0.25, 0.3) is 5.91 Å². The van der Waals surface area contributed by atoms with Crippen LogP contribution in [0.15, 0.2) is 66.7 Å². The van der Waals surface area contributed by atoms with E-state index in [0.717, 1.165) is 0 Å². The lowest BCUT2D eigenvalue weighted by Crippen LogP contribution is -2.12. The molecule has 2 N–H and O–H groups in total. The van der Waals surface area contributed by atoms with Crippen LogP contribution >= 0.6 is 34.8 Å². The molecule has 3 aromatic rings. The predicted molar refractivity (Wildman–Crippen MR) is 127 cm³/mol. The fraction of sp³-hybridized carbons (Fsp3) is 0.0435. The van der Waals surface area contributed by atoms with Gasteiger partial charge < -0.3 is 15.4 Å². The van der Waals surface area contributed by atoms with Crippen LogP contribution in [0.4, 0.5) is 11.4 Å². The van der Waals surface area contributed by atoms with Crippen LogP contribution in [0.3, 0.4) is 0 Å². The van der Waals surface area contributed by atoms with Crippen LogP contribution in [0.25, 0.3) is 6.08 Å². The first kappa shape index (κ1) is 22.7. The van der Waals surface area contributed by atoms with Crippen molar-refractivity contribution in [1.82, 2.24) is 0 Å². The van der Waals surface area contributed by atoms with Gasteiger partial charge in [-0.2, -0.15) is 0 Å². The summed E-state index contributed by atoms with van der Waals surface area (Å²) in [4.78, 5) is 24.5. The molecule has 0 aliphatic carbocycles. The van der Waals surface area contributed by atoms with Gasteiger partial charge in [0.15, 0.2) is 0 Å². The van der Waals surface area contributed by atoms with Crippen LogP contribution in [0.5, 0.6) is 5.75 Å². The molecule has 0 aliphatic rings. The van der Waals surface area contributed by atoms with Crippen molar-refractivity contribution in [3.05, 3.63) is 92.9 Å². The van der Waals surface area contributed by atoms with Gasteiger partial charge in [-0.3, -0.25) is 9.59 Å². The Morgan fingerprint density at radius 2 is 1.55 bits per heavy atom. The van der Waals surface area contributed by atoms with E-state index in [1.165, 1.54) is 13.2 Å². The second-order valence-corrected chi connectivity index (χ2v) is 7.65. The van der Waals surface area contributed by atoms with Crippen molar-refractivity contribution >= 4 is 64.1 Å². The summed E-state index contributed by atoms with van der Waals surface area (Å²) in [5, 5.41) is 6.78. The number of anilines is 2. The third kappa shape index (κ3) is 6.25. The zero-order valence-electron chi connectivity index (χ0n) is 16.3. The minimum Gasteiger partial charge on any atom is -0.495 e. The molecule has 3 rings (SSSR count). The number of amides is 2. The molecular formula is C23H17Cl3N2O3. The smallest absolute Gasteiger partial charge is 0.255 e. The lowest BCUT2D eigenvalue weighted by atomic mass is 10.2. The summed E-state index contributed by atoms with van der Waals surface area (Å²) in [6, 6.07) is 16.6. The topological polar surface area (TPSA) is 67.4 Å². The van der Waals surface area contributed by atoms with E-state index in [2.05, 4.69) is 10.6 Å². The minimum atomic E-state index is -0.353. The Labute approximate surface area is 194 Å². The van der Waals surface area contributed by atoms with E-state index in [9.17, 15) is 9.59 Å². The molecule has 0 fully saturated rings. The molecule has 0 unspecified atom stereocenters. The zero-order valence-corrected chi connectivity index (χ0v) is 18.6. The van der Waals surface area contributed by atoms with Gasteiger partial charge in [0.2, 0.25) is 5.91 Å². The number of hydrogen-bond acceptors (Lipinski definition) is 3. The third-order valence-corrected chi connectivity index (χ3v) is 4.89. The molecular weight excluding hydrogens is 459 g/mol. The number of nitrogens with one attached hydrogen (secondary N) is 2. The Kier molecular flexibility index (Phi) is 7.58. The van der Waals surface area contributed by atoms with Crippen LogP contribution < -0.4 is 15.4 Å². The van der Waals surface area contributed by atoms with E-state index in [1.54, 1.807) is 66.7 Å². The number of methoxy groups -OCH3 is 1. The molecule has 31 heavy (non-hydrogen) atoms. The van der Waals surface area contributed by atoms with Gasteiger partial charge in [-0.15, -0.1) is 0 Å². The number of benzene rings is 3. The second-order valence-electron chi connectivity index (χ2n) is 6.37. The quantitative estimate of drug-likeness (QED) is 0.397. The van der Waals surface area contributed by atoms with Crippen molar-refractivity contribution in [3.8, 4) is 5.75 Å². The Bertz CT molecular complexity index is 1150. The molecule has 0 saturated heterocycles. The van der Waals surface area contributed by atoms with Crippen molar-refractivity contribution in [2.75, 3.05) is 17.7 Å². The molecule has 0 radical (unpaired) electrons. The lowest BCUT2D eigenvalue weighted by molar-refractivity contribution is -0.111. The Hall–Kier alpha value is -2.99. The standard InChI is InChI=1S/C23H17Cl3N2O3/c1-31-22-14(11-17(25)13-20(22)26)5-10-21(29)27-18-6-8-19(9-7-18)28-23(30)15-3-2-4-16(24)12-15/h2-13H,1H3,(H,27,29)(H,28,30)/b10-5+. The molecule has 2 amide bonds. The number of halogens is 3. The Balaban J connectivity index is 1.63. The average molecular weight is 476 g/mol. The van der Waals surface area contributed by atoms with Gasteiger partial charge in [-0.1, -0.05) is 40.9 Å². The summed E-state index contributed by atoms with van der Waals surface area (Å²) < 4.78 is 5.25. The average Bonchev–Trinajstić information content (AvgIpc) is 2.73. The van der Waals surface area contributed by atoms with Crippen molar-refractivity contribution in [2.45, 2.75) is 0 Å². The SMILES string of the molecule is COc1c(Cl)cc(Cl)cc1/C=C/C(=O)Nc1ccc(NC(=O)c2cccc(Cl)c2)cc1. The summed E-state index contributed by atoms with van der Waals surface area (Å²) in [6.45, 7) is 0. The maximum atomic E-state index is 12.3. The number of carbonyl (C=O) groups excluding carboxylic acids is 2. The maximum Gasteiger partial charge on any atom is 0.255 e. The molecule has 0 heterocycles. The van der Waals surface area contributed by atoms with Gasteiger partial charge in [-0.05, 0) is 60.7 Å². The van der Waals surface area contributed by atoms with Gasteiger partial charge in [-0.25, -0.2) is 0 Å². The first-order valence-electron chi connectivity index (χ1n) is 9.05. The van der Waals surface area contributed by atoms with E-state index in [0.29, 0.717) is 43.3 Å². The van der Waals surface area contributed by atoms with Crippen molar-refractivity contribution in [2.24, 2.45) is 0 Å². The first-order chi connectivity index (χ1) is 14.9. The predicted octanol–water partition coefficient (Wildman–Crippen LogP) is 6.56. The van der Waals surface area contributed by atoms with Gasteiger partial charge in [0.05, 0.1) is 12.1 Å². The summed E-state index contributed by atoms with van der Waals surface area (Å²) in [5.41, 5.74) is 2.17. The maximum absolute atomic E-state index is 12.3. The number of rotatable bonds is 6. The second kappa shape index (κ2) is 10.4. The molecule has 5 nitrogen and oxygen atoms in total. The zero-order chi connectivity index (χ0) is 22.4. The monoisotopic (exact) mass is 474 g/mol. The first-order valence-corrected chi connectivity index (χ1v) is 10.2. The van der Waals surface area contributed by atoms with Crippen molar-refractivity contribution in [3.63, 3.8) is 0 Å². The summed E-state index contributed by atoms with van der Waals surface area (Å²) in [5.74, 6) is -0.208. The van der Waals surface area contributed by atoms with Crippen molar-refractivity contribution < 1.29 is 14.3 Å². The van der Waals surface area contributed by atoms with E-state index in [-0.39, 0.29) is 11.8 Å². The molecule has 0 bridgehead atoms. The van der Waals surface area contributed by atoms with Gasteiger partial charge in [0, 0.05) is 38.6 Å². The molecule has 8 heteroatoms. The highest BCUT2D eigenvalue weighted by Crippen LogP contribution is 2.33. The molecule has 0 aliphatic heterocycles. The van der Waals surface area contributed by atoms with Crippen molar-refractivity contribution in [1.29, 1.82) is 0 Å². The van der Waals surface area contributed by atoms with Crippen LogP contribution in [0, 0.1) is 0 Å². The van der Waals surface area contributed by atoms with E-state index in [1.807, 2.05) is 0 Å². The number of ether oxygens (including phenoxy) is 1. The summed E-state index contributed by atoms with van der Waals surface area (Å²) in [7, 11) is 1.49. The van der Waals surface area contributed by atoms with E-state index in [4.69, 9.17) is 39.5 Å². The molecule has 0 spiro atoms. The van der Waals surface area contributed by atoms with E-state index < -0.39 is 0 Å². The molecule has 0 saturated carbocycles. The highest BCUT2D eigenvalue weighted by atomic mass is 35.5. The fourth-order valence-electron chi connectivity index (χ4n) is 2.74. The van der Waals surface area contributed by atoms with Gasteiger partial charge in [0.1, 0.15) is 5.75 Å². The molecule has 0 aromatic heterocycles. The molecule has 0 atom stereocenters. The van der Waals surface area contributed by atoms with Crippen LogP contribution in [-0.2, 0) is 4.79 Å². The highest BCUT2D eigenvalue weighted by Gasteiger charge is 2.09. The Morgan fingerprint density at radius 3 is 2.19 bits per heavy atom. The summed E-state index contributed by atoms with van der Waals surface area (Å²) in [6.07, 6.45) is 2.91. The normalized spacial score (nSPS) is 10.7. The third-order valence-electron chi connectivity index (χ3n) is 4.15. The van der Waals surface area contributed by atoms with Crippen LogP contribution in [0.1, 0.15) is 15.9 Å². The fourth-order valence-corrected chi connectivity index (χ4v) is 3.52. The van der Waals surface area contributed by atoms with E-state index >= 15 is 0 Å². The Morgan fingerprint density at radius 1 is 0.871 bits per heavy atom.